The van der Waals surface area contributed by atoms with Gasteiger partial charge in [-0.3, -0.25) is 9.97 Å². The Bertz CT molecular complexity index is 1710. The maximum atomic E-state index is 13.8. The molecular formula is C32H29BrCl2F3N3O. The normalized spacial score (nSPS) is 13.1. The Hall–Kier alpha value is -2.91. The molecule has 0 amide bonds. The first-order valence-corrected chi connectivity index (χ1v) is 14.7. The number of alkyl halides is 3. The summed E-state index contributed by atoms with van der Waals surface area (Å²) >= 11 is 15.4. The van der Waals surface area contributed by atoms with E-state index < -0.39 is 17.3 Å². The fourth-order valence-electron chi connectivity index (χ4n) is 4.73. The molecule has 0 bridgehead atoms. The van der Waals surface area contributed by atoms with Crippen LogP contribution < -0.4 is 10.5 Å². The number of fused-ring (bicyclic) bond motifs is 2. The Kier molecular flexibility index (Phi) is 10.0. The first kappa shape index (κ1) is 32.0. The van der Waals surface area contributed by atoms with Gasteiger partial charge in [0.1, 0.15) is 12.4 Å². The van der Waals surface area contributed by atoms with Gasteiger partial charge >= 0.3 is 6.18 Å². The highest BCUT2D eigenvalue weighted by molar-refractivity contribution is 9.10. The van der Waals surface area contributed by atoms with Crippen molar-refractivity contribution in [2.75, 3.05) is 6.61 Å². The predicted octanol–water partition coefficient (Wildman–Crippen LogP) is 10.4. The van der Waals surface area contributed by atoms with Crippen molar-refractivity contribution >= 4 is 60.9 Å². The molecule has 220 valence electrons. The molecule has 42 heavy (non-hydrogen) atoms. The van der Waals surface area contributed by atoms with E-state index in [1.165, 1.54) is 6.07 Å². The summed E-state index contributed by atoms with van der Waals surface area (Å²) in [5.41, 5.74) is 7.25. The minimum Gasteiger partial charge on any atom is -0.491 e. The molecule has 2 N–H and O–H groups in total. The fourth-order valence-corrected chi connectivity index (χ4v) is 5.51. The number of halogens is 6. The largest absolute Gasteiger partial charge is 0.491 e. The van der Waals surface area contributed by atoms with Gasteiger partial charge in [-0.15, -0.1) is 0 Å². The van der Waals surface area contributed by atoms with Crippen molar-refractivity contribution in [1.82, 2.24) is 9.97 Å². The van der Waals surface area contributed by atoms with Gasteiger partial charge in [0, 0.05) is 43.2 Å². The number of aromatic nitrogens is 2. The Labute approximate surface area is 261 Å². The molecule has 0 saturated carbocycles. The molecule has 0 aliphatic rings. The molecule has 0 spiro atoms. The number of nitrogens with two attached hydrogens (primary N) is 1. The van der Waals surface area contributed by atoms with E-state index in [0.717, 1.165) is 26.5 Å². The second-order valence-corrected chi connectivity index (χ2v) is 12.5. The zero-order chi connectivity index (χ0) is 30.7. The second-order valence-electron chi connectivity index (χ2n) is 10.7. The Morgan fingerprint density at radius 2 is 1.45 bits per heavy atom. The Balaban J connectivity index is 0.000000279. The van der Waals surface area contributed by atoms with Crippen molar-refractivity contribution in [3.63, 3.8) is 0 Å². The highest BCUT2D eigenvalue weighted by Crippen LogP contribution is 2.40. The molecule has 0 fully saturated rings. The summed E-state index contributed by atoms with van der Waals surface area (Å²) in [5.74, 6) is 0.0722. The predicted molar refractivity (Wildman–Crippen MR) is 169 cm³/mol. The topological polar surface area (TPSA) is 61.0 Å². The zero-order valence-electron chi connectivity index (χ0n) is 23.1. The van der Waals surface area contributed by atoms with Crippen molar-refractivity contribution < 1.29 is 17.9 Å². The van der Waals surface area contributed by atoms with Gasteiger partial charge < -0.3 is 10.5 Å². The Morgan fingerprint density at radius 1 is 0.857 bits per heavy atom. The zero-order valence-corrected chi connectivity index (χ0v) is 26.2. The van der Waals surface area contributed by atoms with Gasteiger partial charge in [-0.05, 0) is 91.1 Å². The maximum absolute atomic E-state index is 13.8. The Morgan fingerprint density at radius 3 is 2.07 bits per heavy atom. The highest BCUT2D eigenvalue weighted by atomic mass is 79.9. The van der Waals surface area contributed by atoms with Crippen LogP contribution in [0.5, 0.6) is 5.75 Å². The van der Waals surface area contributed by atoms with Crippen molar-refractivity contribution in [1.29, 1.82) is 0 Å². The standard InChI is InChI=1S/C23H24ClF3N2O.C9H5BrClN/c1-14(2)12-22(3,28)13-30-21-7-4-15(10-19(21)23(25,26)27)17-8-9-29-20-6-5-16(24)11-18(17)20;10-8-3-4-12-9-2-1-6(11)5-7(8)9/h4-11,14H,12-13,28H2,1-3H3;1-5H/t22-;/m0./s1. The first-order valence-electron chi connectivity index (χ1n) is 13.1. The lowest BCUT2D eigenvalue weighted by Crippen LogP contribution is -2.43. The molecule has 0 radical (unpaired) electrons. The number of pyridine rings is 2. The van der Waals surface area contributed by atoms with Crippen molar-refractivity contribution in [2.45, 2.75) is 38.9 Å². The second kappa shape index (κ2) is 13.2. The van der Waals surface area contributed by atoms with Crippen LogP contribution >= 0.6 is 39.1 Å². The monoisotopic (exact) mass is 677 g/mol. The lowest BCUT2D eigenvalue weighted by atomic mass is 9.93. The molecule has 0 unspecified atom stereocenters. The van der Waals surface area contributed by atoms with Gasteiger partial charge in [0.15, 0.2) is 0 Å². The summed E-state index contributed by atoms with van der Waals surface area (Å²) in [4.78, 5) is 8.45. The molecular weight excluding hydrogens is 650 g/mol. The number of ether oxygens (including phenoxy) is 1. The van der Waals surface area contributed by atoms with Crippen molar-refractivity contribution in [3.05, 3.63) is 99.2 Å². The van der Waals surface area contributed by atoms with Crippen molar-refractivity contribution in [2.24, 2.45) is 11.7 Å². The van der Waals surface area contributed by atoms with E-state index in [1.54, 1.807) is 49.6 Å². The molecule has 5 aromatic rings. The van der Waals surface area contributed by atoms with E-state index in [0.29, 0.717) is 39.4 Å². The van der Waals surface area contributed by atoms with E-state index in [2.05, 4.69) is 25.9 Å². The number of rotatable bonds is 6. The van der Waals surface area contributed by atoms with Crippen LogP contribution in [0.3, 0.4) is 0 Å². The fraction of sp³-hybridized carbons (Fsp3) is 0.250. The molecule has 2 heterocycles. The van der Waals surface area contributed by atoms with Crippen LogP contribution in [0.4, 0.5) is 13.2 Å². The molecule has 0 aliphatic heterocycles. The molecule has 4 nitrogen and oxygen atoms in total. The third-order valence-electron chi connectivity index (χ3n) is 6.38. The smallest absolute Gasteiger partial charge is 0.419 e. The van der Waals surface area contributed by atoms with E-state index in [9.17, 15) is 13.2 Å². The average Bonchev–Trinajstić information content (AvgIpc) is 2.91. The van der Waals surface area contributed by atoms with Gasteiger partial charge in [-0.2, -0.15) is 13.2 Å². The van der Waals surface area contributed by atoms with Gasteiger partial charge in [-0.25, -0.2) is 0 Å². The van der Waals surface area contributed by atoms with Crippen LogP contribution in [0.25, 0.3) is 32.9 Å². The first-order chi connectivity index (χ1) is 19.7. The number of hydrogen-bond acceptors (Lipinski definition) is 4. The quantitative estimate of drug-likeness (QED) is 0.194. The maximum Gasteiger partial charge on any atom is 0.419 e. The summed E-state index contributed by atoms with van der Waals surface area (Å²) in [6.45, 7) is 5.78. The summed E-state index contributed by atoms with van der Waals surface area (Å²) in [5, 5.41) is 2.94. The van der Waals surface area contributed by atoms with Gasteiger partial charge in [0.2, 0.25) is 0 Å². The third-order valence-corrected chi connectivity index (χ3v) is 7.54. The van der Waals surface area contributed by atoms with Crippen LogP contribution in [0.1, 0.15) is 32.8 Å². The molecule has 2 aromatic heterocycles. The number of benzene rings is 3. The van der Waals surface area contributed by atoms with E-state index in [4.69, 9.17) is 33.7 Å². The number of nitrogens with zero attached hydrogens (tertiary/aromatic N) is 2. The summed E-state index contributed by atoms with van der Waals surface area (Å²) in [7, 11) is 0. The SMILES string of the molecule is CC(C)C[C@](C)(N)COc1ccc(-c2ccnc3ccc(Cl)cc23)cc1C(F)(F)F.Clc1ccc2nccc(Br)c2c1. The molecule has 3 aromatic carbocycles. The molecule has 0 aliphatic carbocycles. The van der Waals surface area contributed by atoms with E-state index in [-0.39, 0.29) is 12.4 Å². The van der Waals surface area contributed by atoms with Gasteiger partial charge in [0.25, 0.3) is 0 Å². The lowest BCUT2D eigenvalue weighted by molar-refractivity contribution is -0.139. The third kappa shape index (κ3) is 8.13. The van der Waals surface area contributed by atoms with Crippen LogP contribution in [-0.2, 0) is 6.18 Å². The molecule has 0 saturated heterocycles. The minimum atomic E-state index is -4.57. The van der Waals surface area contributed by atoms with E-state index in [1.807, 2.05) is 38.1 Å². The molecule has 5 rings (SSSR count). The van der Waals surface area contributed by atoms with Crippen LogP contribution in [0.2, 0.25) is 10.0 Å². The number of hydrogen-bond donors (Lipinski definition) is 1. The van der Waals surface area contributed by atoms with Gasteiger partial charge in [-0.1, -0.05) is 59.0 Å². The average molecular weight is 679 g/mol. The lowest BCUT2D eigenvalue weighted by Gasteiger charge is -2.27. The van der Waals surface area contributed by atoms with Crippen LogP contribution in [0, 0.1) is 5.92 Å². The van der Waals surface area contributed by atoms with Crippen LogP contribution in [-0.4, -0.2) is 22.1 Å². The van der Waals surface area contributed by atoms with Crippen LogP contribution in [0.15, 0.2) is 83.6 Å². The summed E-state index contributed by atoms with van der Waals surface area (Å²) < 4.78 is 48.0. The summed E-state index contributed by atoms with van der Waals surface area (Å²) in [6.07, 6.45) is -0.611. The molecule has 1 atom stereocenters. The van der Waals surface area contributed by atoms with Crippen molar-refractivity contribution in [3.8, 4) is 16.9 Å². The van der Waals surface area contributed by atoms with E-state index >= 15 is 0 Å². The highest BCUT2D eigenvalue weighted by Gasteiger charge is 2.35. The summed E-state index contributed by atoms with van der Waals surface area (Å²) in [6, 6.07) is 18.4. The molecule has 10 heteroatoms. The minimum absolute atomic E-state index is 0.0125. The van der Waals surface area contributed by atoms with Gasteiger partial charge in [0.05, 0.1) is 16.6 Å².